The zero-order valence-electron chi connectivity index (χ0n) is 18.2. The average molecular weight is 423 g/mol. The number of piperidine rings is 1. The molecule has 5 rings (SSSR count). The SMILES string of the molecule is Cc1nc(N2CCO[C@@H](CO)C2)cc(-n2ncc3cc(C)c(C4CCNCC4)cc32)n1. The Morgan fingerprint density at radius 1 is 1.13 bits per heavy atom. The van der Waals surface area contributed by atoms with Crippen molar-refractivity contribution in [2.75, 3.05) is 44.3 Å². The highest BCUT2D eigenvalue weighted by Crippen LogP contribution is 2.32. The number of hydrogen-bond donors (Lipinski definition) is 2. The van der Waals surface area contributed by atoms with E-state index in [9.17, 15) is 5.11 Å². The third kappa shape index (κ3) is 4.03. The van der Waals surface area contributed by atoms with Crippen LogP contribution in [-0.2, 0) is 4.74 Å². The molecule has 0 amide bonds. The van der Waals surface area contributed by atoms with E-state index in [4.69, 9.17) is 9.72 Å². The summed E-state index contributed by atoms with van der Waals surface area (Å²) < 4.78 is 7.53. The fourth-order valence-corrected chi connectivity index (χ4v) is 4.80. The number of ether oxygens (including phenoxy) is 1. The van der Waals surface area contributed by atoms with Crippen molar-refractivity contribution >= 4 is 16.7 Å². The number of hydrogen-bond acceptors (Lipinski definition) is 7. The van der Waals surface area contributed by atoms with Gasteiger partial charge in [0, 0.05) is 24.5 Å². The van der Waals surface area contributed by atoms with Crippen molar-refractivity contribution in [2.24, 2.45) is 0 Å². The molecule has 2 N–H and O–H groups in total. The minimum absolute atomic E-state index is 0.00995. The van der Waals surface area contributed by atoms with Crippen LogP contribution in [0.15, 0.2) is 24.4 Å². The Balaban J connectivity index is 1.54. The number of aryl methyl sites for hydroxylation is 2. The van der Waals surface area contributed by atoms with Crippen molar-refractivity contribution in [2.45, 2.75) is 38.7 Å². The number of nitrogens with one attached hydrogen (secondary N) is 1. The van der Waals surface area contributed by atoms with E-state index in [-0.39, 0.29) is 12.7 Å². The third-order valence-corrected chi connectivity index (χ3v) is 6.43. The Hall–Kier alpha value is -2.55. The van der Waals surface area contributed by atoms with Crippen LogP contribution in [0, 0.1) is 13.8 Å². The predicted octanol–water partition coefficient (Wildman–Crippen LogP) is 2.10. The second-order valence-electron chi connectivity index (χ2n) is 8.60. The van der Waals surface area contributed by atoms with Gasteiger partial charge in [0.25, 0.3) is 0 Å². The van der Waals surface area contributed by atoms with Gasteiger partial charge < -0.3 is 20.1 Å². The maximum absolute atomic E-state index is 9.49. The lowest BCUT2D eigenvalue weighted by molar-refractivity contribution is 0.00335. The lowest BCUT2D eigenvalue weighted by atomic mass is 9.87. The number of aromatic nitrogens is 4. The Kier molecular flexibility index (Phi) is 5.60. The topological polar surface area (TPSA) is 88.3 Å². The van der Waals surface area contributed by atoms with Gasteiger partial charge in [0.2, 0.25) is 0 Å². The Morgan fingerprint density at radius 3 is 2.74 bits per heavy atom. The highest BCUT2D eigenvalue weighted by molar-refractivity contribution is 5.82. The summed E-state index contributed by atoms with van der Waals surface area (Å²) in [5.74, 6) is 2.90. The van der Waals surface area contributed by atoms with Crippen molar-refractivity contribution in [1.82, 2.24) is 25.1 Å². The van der Waals surface area contributed by atoms with Gasteiger partial charge in [-0.25, -0.2) is 14.6 Å². The number of anilines is 1. The Morgan fingerprint density at radius 2 is 1.94 bits per heavy atom. The molecule has 0 aliphatic carbocycles. The van der Waals surface area contributed by atoms with Gasteiger partial charge >= 0.3 is 0 Å². The molecule has 2 fully saturated rings. The van der Waals surface area contributed by atoms with E-state index < -0.39 is 0 Å². The van der Waals surface area contributed by atoms with E-state index >= 15 is 0 Å². The molecule has 2 saturated heterocycles. The van der Waals surface area contributed by atoms with Crippen LogP contribution in [0.3, 0.4) is 0 Å². The quantitative estimate of drug-likeness (QED) is 0.666. The molecule has 1 atom stereocenters. The molecule has 2 aliphatic heterocycles. The maximum atomic E-state index is 9.49. The fourth-order valence-electron chi connectivity index (χ4n) is 4.80. The Bertz CT molecular complexity index is 1080. The smallest absolute Gasteiger partial charge is 0.159 e. The van der Waals surface area contributed by atoms with Gasteiger partial charge in [-0.3, -0.25) is 0 Å². The molecule has 0 radical (unpaired) electrons. The van der Waals surface area contributed by atoms with Crippen LogP contribution in [0.4, 0.5) is 5.82 Å². The van der Waals surface area contributed by atoms with Crippen LogP contribution >= 0.6 is 0 Å². The van der Waals surface area contributed by atoms with Crippen molar-refractivity contribution in [3.05, 3.63) is 41.3 Å². The van der Waals surface area contributed by atoms with Crippen LogP contribution in [-0.4, -0.2) is 70.4 Å². The molecule has 0 bridgehead atoms. The molecule has 8 heteroatoms. The van der Waals surface area contributed by atoms with Crippen LogP contribution in [0.5, 0.6) is 0 Å². The average Bonchev–Trinajstić information content (AvgIpc) is 3.21. The largest absolute Gasteiger partial charge is 0.394 e. The highest BCUT2D eigenvalue weighted by Gasteiger charge is 2.23. The molecule has 8 nitrogen and oxygen atoms in total. The number of aliphatic hydroxyl groups excluding tert-OH is 1. The molecule has 0 spiro atoms. The van der Waals surface area contributed by atoms with E-state index in [1.165, 1.54) is 24.0 Å². The highest BCUT2D eigenvalue weighted by atomic mass is 16.5. The third-order valence-electron chi connectivity index (χ3n) is 6.43. The summed E-state index contributed by atoms with van der Waals surface area (Å²) in [5.41, 5.74) is 3.83. The number of benzene rings is 1. The van der Waals surface area contributed by atoms with Gasteiger partial charge in [-0.2, -0.15) is 5.10 Å². The summed E-state index contributed by atoms with van der Waals surface area (Å²) in [7, 11) is 0. The molecular weight excluding hydrogens is 392 g/mol. The molecule has 0 saturated carbocycles. The van der Waals surface area contributed by atoms with Crippen molar-refractivity contribution < 1.29 is 9.84 Å². The van der Waals surface area contributed by atoms with E-state index in [2.05, 4.69) is 39.4 Å². The van der Waals surface area contributed by atoms with Crippen LogP contribution in [0.1, 0.15) is 35.7 Å². The van der Waals surface area contributed by atoms with Crippen molar-refractivity contribution in [3.63, 3.8) is 0 Å². The Labute approximate surface area is 182 Å². The lowest BCUT2D eigenvalue weighted by Gasteiger charge is -2.33. The normalized spacial score (nSPS) is 20.5. The standard InChI is InChI=1S/C23H30N6O2/c1-15-9-18-12-25-29(21(18)10-20(15)17-3-5-24-6-4-17)23-11-22(26-16(2)27-23)28-7-8-31-19(13-28)14-30/h9-12,17,19,24,30H,3-8,13-14H2,1-2H3/t19-/m1/s1. The fraction of sp³-hybridized carbons (Fsp3) is 0.522. The lowest BCUT2D eigenvalue weighted by Crippen LogP contribution is -2.44. The van der Waals surface area contributed by atoms with E-state index in [0.717, 1.165) is 42.2 Å². The number of aliphatic hydroxyl groups is 1. The number of morpholine rings is 1. The second-order valence-corrected chi connectivity index (χ2v) is 8.60. The first kappa shape index (κ1) is 20.4. The molecule has 1 aromatic carbocycles. The number of rotatable bonds is 4. The molecule has 0 unspecified atom stereocenters. The van der Waals surface area contributed by atoms with E-state index in [1.807, 2.05) is 23.9 Å². The molecular formula is C23H30N6O2. The zero-order chi connectivity index (χ0) is 21.4. The first-order valence-corrected chi connectivity index (χ1v) is 11.1. The van der Waals surface area contributed by atoms with Gasteiger partial charge in [-0.15, -0.1) is 0 Å². The van der Waals surface area contributed by atoms with Gasteiger partial charge in [-0.05, 0) is 69.0 Å². The first-order chi connectivity index (χ1) is 15.1. The summed E-state index contributed by atoms with van der Waals surface area (Å²) in [6.07, 6.45) is 4.07. The molecule has 31 heavy (non-hydrogen) atoms. The van der Waals surface area contributed by atoms with Crippen LogP contribution in [0.2, 0.25) is 0 Å². The maximum Gasteiger partial charge on any atom is 0.159 e. The van der Waals surface area contributed by atoms with Gasteiger partial charge in [0.1, 0.15) is 11.6 Å². The minimum atomic E-state index is -0.187. The molecule has 4 heterocycles. The van der Waals surface area contributed by atoms with E-state index in [1.54, 1.807) is 0 Å². The van der Waals surface area contributed by atoms with Crippen LogP contribution < -0.4 is 10.2 Å². The minimum Gasteiger partial charge on any atom is -0.394 e. The zero-order valence-corrected chi connectivity index (χ0v) is 18.2. The monoisotopic (exact) mass is 422 g/mol. The number of fused-ring (bicyclic) bond motifs is 1. The summed E-state index contributed by atoms with van der Waals surface area (Å²) >= 11 is 0. The summed E-state index contributed by atoms with van der Waals surface area (Å²) in [4.78, 5) is 11.5. The number of nitrogens with zero attached hydrogens (tertiary/aromatic N) is 5. The molecule has 3 aromatic rings. The van der Waals surface area contributed by atoms with Gasteiger partial charge in [0.15, 0.2) is 5.82 Å². The van der Waals surface area contributed by atoms with Crippen LogP contribution in [0.25, 0.3) is 16.7 Å². The van der Waals surface area contributed by atoms with Crippen molar-refractivity contribution in [3.8, 4) is 5.82 Å². The van der Waals surface area contributed by atoms with E-state index in [0.29, 0.717) is 24.9 Å². The second kappa shape index (κ2) is 8.53. The predicted molar refractivity (Wildman–Crippen MR) is 120 cm³/mol. The first-order valence-electron chi connectivity index (χ1n) is 11.1. The summed E-state index contributed by atoms with van der Waals surface area (Å²) in [6, 6.07) is 6.55. The summed E-state index contributed by atoms with van der Waals surface area (Å²) in [5, 5.41) is 18.8. The molecule has 2 aromatic heterocycles. The molecule has 164 valence electrons. The summed E-state index contributed by atoms with van der Waals surface area (Å²) in [6.45, 7) is 8.21. The van der Waals surface area contributed by atoms with Crippen molar-refractivity contribution in [1.29, 1.82) is 0 Å². The molecule has 2 aliphatic rings. The van der Waals surface area contributed by atoms with Gasteiger partial charge in [0.05, 0.1) is 31.0 Å². The van der Waals surface area contributed by atoms with Gasteiger partial charge in [-0.1, -0.05) is 0 Å².